The second-order valence-corrected chi connectivity index (χ2v) is 5.21. The molecule has 19 heavy (non-hydrogen) atoms. The van der Waals surface area contributed by atoms with E-state index >= 15 is 0 Å². The highest BCUT2D eigenvalue weighted by atomic mass is 32.2. The highest BCUT2D eigenvalue weighted by Gasteiger charge is 2.06. The number of carbonyl (C=O) groups excluding carboxylic acids is 1. The van der Waals surface area contributed by atoms with Crippen molar-refractivity contribution in [3.05, 3.63) is 18.2 Å². The van der Waals surface area contributed by atoms with Gasteiger partial charge in [0.15, 0.2) is 0 Å². The lowest BCUT2D eigenvalue weighted by Crippen LogP contribution is -2.15. The van der Waals surface area contributed by atoms with Crippen LogP contribution in [0.3, 0.4) is 0 Å². The number of rotatable bonds is 5. The van der Waals surface area contributed by atoms with Crippen LogP contribution in [0, 0.1) is 0 Å². The first-order chi connectivity index (χ1) is 9.04. The van der Waals surface area contributed by atoms with Crippen LogP contribution in [-0.4, -0.2) is 48.7 Å². The lowest BCUT2D eigenvalue weighted by molar-refractivity contribution is -0.133. The number of hydrogen-bond acceptors (Lipinski definition) is 4. The number of aliphatic carboxylic acids is 1. The minimum absolute atomic E-state index is 0.0836. The van der Waals surface area contributed by atoms with E-state index in [-0.39, 0.29) is 17.4 Å². The van der Waals surface area contributed by atoms with E-state index in [1.54, 1.807) is 18.2 Å². The summed E-state index contributed by atoms with van der Waals surface area (Å²) in [6.07, 6.45) is 0. The van der Waals surface area contributed by atoms with Crippen molar-refractivity contribution in [2.24, 2.45) is 0 Å². The third-order valence-corrected chi connectivity index (χ3v) is 3.38. The molecule has 3 radical (unpaired) electrons. The molecule has 1 heterocycles. The number of hydrogen-bond donors (Lipinski definition) is 3. The Balaban J connectivity index is 1.96. The minimum atomic E-state index is -0.929. The first-order valence-electron chi connectivity index (χ1n) is 5.35. The number of fused-ring (bicyclic) bond motifs is 1. The second-order valence-electron chi connectivity index (χ2n) is 3.75. The first kappa shape index (κ1) is 13.6. The van der Waals surface area contributed by atoms with Crippen LogP contribution in [0.25, 0.3) is 11.0 Å². The molecule has 0 fully saturated rings. The fourth-order valence-electron chi connectivity index (χ4n) is 1.52. The first-order valence-corrected chi connectivity index (χ1v) is 7.01. The molecule has 97 valence electrons. The van der Waals surface area contributed by atoms with Gasteiger partial charge in [-0.25, -0.2) is 4.98 Å². The summed E-state index contributed by atoms with van der Waals surface area (Å²) < 4.78 is 0. The van der Waals surface area contributed by atoms with Crippen molar-refractivity contribution in [1.82, 2.24) is 9.97 Å². The average Bonchev–Trinajstić information content (AvgIpc) is 2.67. The van der Waals surface area contributed by atoms with Gasteiger partial charge in [0, 0.05) is 5.69 Å². The van der Waals surface area contributed by atoms with Crippen LogP contribution in [0.2, 0.25) is 0 Å². The molecule has 0 aliphatic heterocycles. The summed E-state index contributed by atoms with van der Waals surface area (Å²) >= 11 is 1.06. The van der Waals surface area contributed by atoms with E-state index in [0.29, 0.717) is 11.1 Å². The van der Waals surface area contributed by atoms with Crippen LogP contribution in [0.4, 0.5) is 5.69 Å². The molecule has 2 aromatic rings. The third-order valence-electron chi connectivity index (χ3n) is 2.22. The molecule has 0 aliphatic rings. The summed E-state index contributed by atoms with van der Waals surface area (Å²) in [6.45, 7) is 0. The molecule has 1 aromatic heterocycles. The minimum Gasteiger partial charge on any atom is -0.481 e. The Bertz CT molecular complexity index is 629. The SMILES string of the molecule is O=C(O)CSCC(=O)Nc1ccc2nc([Si])[nH]c2c1. The van der Waals surface area contributed by atoms with Gasteiger partial charge in [-0.15, -0.1) is 11.8 Å². The van der Waals surface area contributed by atoms with Crippen molar-refractivity contribution in [3.63, 3.8) is 0 Å². The number of imidazole rings is 1. The van der Waals surface area contributed by atoms with Crippen LogP contribution < -0.4 is 10.8 Å². The van der Waals surface area contributed by atoms with Gasteiger partial charge in [-0.2, -0.15) is 0 Å². The zero-order chi connectivity index (χ0) is 13.8. The Morgan fingerprint density at radius 1 is 1.42 bits per heavy atom. The topological polar surface area (TPSA) is 95.1 Å². The summed E-state index contributed by atoms with van der Waals surface area (Å²) in [7, 11) is 3.29. The second kappa shape index (κ2) is 5.89. The zero-order valence-electron chi connectivity index (χ0n) is 9.77. The molecule has 1 aromatic carbocycles. The van der Waals surface area contributed by atoms with Gasteiger partial charge in [-0.05, 0) is 18.2 Å². The maximum absolute atomic E-state index is 11.6. The summed E-state index contributed by atoms with van der Waals surface area (Å²) in [6, 6.07) is 5.30. The van der Waals surface area contributed by atoms with Crippen LogP contribution in [0.5, 0.6) is 0 Å². The number of carboxylic acids is 1. The maximum Gasteiger partial charge on any atom is 0.313 e. The smallest absolute Gasteiger partial charge is 0.313 e. The molecule has 8 heteroatoms. The van der Waals surface area contributed by atoms with Crippen LogP contribution >= 0.6 is 11.8 Å². The predicted molar refractivity (Wildman–Crippen MR) is 75.1 cm³/mol. The summed E-state index contributed by atoms with van der Waals surface area (Å²) in [5.41, 5.74) is 2.86. The van der Waals surface area contributed by atoms with Crippen molar-refractivity contribution in [2.45, 2.75) is 0 Å². The zero-order valence-corrected chi connectivity index (χ0v) is 11.6. The van der Waals surface area contributed by atoms with Crippen molar-refractivity contribution in [1.29, 1.82) is 0 Å². The maximum atomic E-state index is 11.6. The Labute approximate surface area is 116 Å². The van der Waals surface area contributed by atoms with E-state index < -0.39 is 5.97 Å². The molecule has 1 amide bonds. The van der Waals surface area contributed by atoms with E-state index in [1.165, 1.54) is 0 Å². The lowest BCUT2D eigenvalue weighted by Gasteiger charge is -2.04. The van der Waals surface area contributed by atoms with Crippen LogP contribution in [0.1, 0.15) is 0 Å². The number of carbonyl (C=O) groups is 2. The largest absolute Gasteiger partial charge is 0.481 e. The summed E-state index contributed by atoms with van der Waals surface area (Å²) in [5, 5.41) is 11.2. The fraction of sp³-hybridized carbons (Fsp3) is 0.182. The number of amides is 1. The molecule has 0 bridgehead atoms. The number of benzene rings is 1. The van der Waals surface area contributed by atoms with Gasteiger partial charge in [0.25, 0.3) is 0 Å². The molecule has 3 N–H and O–H groups in total. The number of thioether (sulfide) groups is 1. The number of nitrogens with zero attached hydrogens (tertiary/aromatic N) is 1. The number of carboxylic acid groups (broad SMARTS) is 1. The van der Waals surface area contributed by atoms with E-state index in [4.69, 9.17) is 5.11 Å². The summed E-state index contributed by atoms with van der Waals surface area (Å²) in [4.78, 5) is 29.1. The predicted octanol–water partition coefficient (Wildman–Crippen LogP) is 0.113. The van der Waals surface area contributed by atoms with Gasteiger partial charge in [-0.3, -0.25) is 9.59 Å². The standard InChI is InChI=1S/C11H10N3O3SSi/c15-9(4-18-5-10(16)17)12-6-1-2-7-8(3-6)14-11(19)13-7/h1-3H,4-5H2,(H,12,15)(H,13,14)(H,16,17). The van der Waals surface area contributed by atoms with E-state index in [9.17, 15) is 9.59 Å². The Morgan fingerprint density at radius 3 is 2.95 bits per heavy atom. The number of nitrogens with one attached hydrogen (secondary N) is 2. The van der Waals surface area contributed by atoms with Gasteiger partial charge >= 0.3 is 5.97 Å². The quantitative estimate of drug-likeness (QED) is 0.680. The molecule has 0 saturated carbocycles. The van der Waals surface area contributed by atoms with Gasteiger partial charge < -0.3 is 15.4 Å². The fourth-order valence-corrected chi connectivity index (χ4v) is 2.30. The van der Waals surface area contributed by atoms with Gasteiger partial charge in [0.1, 0.15) is 10.2 Å². The molecule has 0 aliphatic carbocycles. The van der Waals surface area contributed by atoms with Crippen LogP contribution in [0.15, 0.2) is 18.2 Å². The Kier molecular flexibility index (Phi) is 4.22. The number of H-pyrrole nitrogens is 1. The third kappa shape index (κ3) is 3.83. The number of anilines is 1. The molecule has 0 spiro atoms. The molecule has 6 nitrogen and oxygen atoms in total. The van der Waals surface area contributed by atoms with Crippen molar-refractivity contribution < 1.29 is 14.7 Å². The highest BCUT2D eigenvalue weighted by Crippen LogP contribution is 2.15. The van der Waals surface area contributed by atoms with Crippen molar-refractivity contribution in [3.8, 4) is 0 Å². The average molecular weight is 292 g/mol. The monoisotopic (exact) mass is 292 g/mol. The molecular formula is C11H10N3O3SSi. The van der Waals surface area contributed by atoms with E-state index in [2.05, 4.69) is 25.5 Å². The normalized spacial score (nSPS) is 10.6. The van der Waals surface area contributed by atoms with Crippen molar-refractivity contribution in [2.75, 3.05) is 16.8 Å². The number of aromatic nitrogens is 2. The van der Waals surface area contributed by atoms with E-state index in [0.717, 1.165) is 22.8 Å². The summed E-state index contributed by atoms with van der Waals surface area (Å²) in [5.74, 6) is -1.14. The molecule has 0 atom stereocenters. The Morgan fingerprint density at radius 2 is 2.21 bits per heavy atom. The lowest BCUT2D eigenvalue weighted by atomic mass is 10.3. The van der Waals surface area contributed by atoms with Gasteiger partial charge in [-0.1, -0.05) is 0 Å². The molecule has 0 unspecified atom stereocenters. The highest BCUT2D eigenvalue weighted by molar-refractivity contribution is 8.00. The van der Waals surface area contributed by atoms with Gasteiger partial charge in [0.2, 0.25) is 5.91 Å². The Hall–Kier alpha value is -1.80. The van der Waals surface area contributed by atoms with Crippen molar-refractivity contribution >= 4 is 56.0 Å². The molecule has 0 saturated heterocycles. The van der Waals surface area contributed by atoms with E-state index in [1.807, 2.05) is 0 Å². The van der Waals surface area contributed by atoms with Gasteiger partial charge in [0.05, 0.1) is 28.0 Å². The van der Waals surface area contributed by atoms with Crippen LogP contribution in [-0.2, 0) is 9.59 Å². The molecular weight excluding hydrogens is 282 g/mol. The molecule has 2 rings (SSSR count). The number of aromatic amines is 1.